The van der Waals surface area contributed by atoms with Crippen LogP contribution in [0.3, 0.4) is 0 Å². The van der Waals surface area contributed by atoms with Crippen LogP contribution >= 0.6 is 11.8 Å². The van der Waals surface area contributed by atoms with E-state index >= 15 is 0 Å². The van der Waals surface area contributed by atoms with Crippen LogP contribution < -0.4 is 5.73 Å². The van der Waals surface area contributed by atoms with E-state index in [9.17, 15) is 0 Å². The number of aliphatic imine (C=N–C) groups is 1. The molecule has 3 aromatic rings. The number of aromatic nitrogens is 4. The monoisotopic (exact) mass is 378 g/mol. The van der Waals surface area contributed by atoms with Crippen molar-refractivity contribution in [3.63, 3.8) is 0 Å². The molecule has 0 saturated carbocycles. The van der Waals surface area contributed by atoms with E-state index in [1.165, 1.54) is 11.3 Å². The van der Waals surface area contributed by atoms with E-state index < -0.39 is 0 Å². The zero-order chi connectivity index (χ0) is 19.0. The molecule has 3 heterocycles. The van der Waals surface area contributed by atoms with Gasteiger partial charge in [-0.25, -0.2) is 9.97 Å². The van der Waals surface area contributed by atoms with Gasteiger partial charge in [0.25, 0.3) is 0 Å². The van der Waals surface area contributed by atoms with Gasteiger partial charge in [-0.3, -0.25) is 9.67 Å². The van der Waals surface area contributed by atoms with Crippen molar-refractivity contribution in [1.82, 2.24) is 19.7 Å². The minimum Gasteiger partial charge on any atom is -0.379 e. The lowest BCUT2D eigenvalue weighted by atomic mass is 9.95. The largest absolute Gasteiger partial charge is 0.379 e. The van der Waals surface area contributed by atoms with Crippen molar-refractivity contribution < 1.29 is 0 Å². The van der Waals surface area contributed by atoms with Crippen LogP contribution in [0.15, 0.2) is 48.0 Å². The maximum atomic E-state index is 6.21. The lowest BCUT2D eigenvalue weighted by Crippen LogP contribution is -2.19. The van der Waals surface area contributed by atoms with Crippen molar-refractivity contribution in [3.05, 3.63) is 65.5 Å². The van der Waals surface area contributed by atoms with Crippen LogP contribution in [0.5, 0.6) is 0 Å². The van der Waals surface area contributed by atoms with Crippen molar-refractivity contribution in [3.8, 4) is 11.1 Å². The van der Waals surface area contributed by atoms with Gasteiger partial charge in [-0.05, 0) is 37.5 Å². The summed E-state index contributed by atoms with van der Waals surface area (Å²) < 4.78 is 1.94. The van der Waals surface area contributed by atoms with Crippen molar-refractivity contribution in [2.24, 2.45) is 17.8 Å². The topological polar surface area (TPSA) is 82.0 Å². The summed E-state index contributed by atoms with van der Waals surface area (Å²) in [4.78, 5) is 13.0. The molecular formula is C20H22N6S. The maximum absolute atomic E-state index is 6.21. The van der Waals surface area contributed by atoms with Crippen molar-refractivity contribution >= 4 is 16.9 Å². The molecule has 0 radical (unpaired) electrons. The Balaban J connectivity index is 1.67. The number of aryl methyl sites for hydroxylation is 2. The predicted molar refractivity (Wildman–Crippen MR) is 109 cm³/mol. The van der Waals surface area contributed by atoms with Crippen molar-refractivity contribution in [2.45, 2.75) is 31.6 Å². The summed E-state index contributed by atoms with van der Waals surface area (Å²) in [5, 5.41) is 5.46. The molecule has 0 bridgehead atoms. The molecule has 2 N–H and O–H groups in total. The summed E-state index contributed by atoms with van der Waals surface area (Å²) in [6, 6.07) is 8.43. The molecule has 6 nitrogen and oxygen atoms in total. The molecule has 7 heteroatoms. The molecule has 0 amide bonds. The second-order valence-corrected chi connectivity index (χ2v) is 8.01. The van der Waals surface area contributed by atoms with E-state index in [4.69, 9.17) is 10.7 Å². The van der Waals surface area contributed by atoms with Crippen LogP contribution in [0.4, 0.5) is 0 Å². The van der Waals surface area contributed by atoms with Crippen LogP contribution in [0, 0.1) is 13.8 Å². The second-order valence-electron chi connectivity index (χ2n) is 6.79. The average molecular weight is 379 g/mol. The highest BCUT2D eigenvalue weighted by molar-refractivity contribution is 8.14. The molecule has 0 fully saturated rings. The SMILES string of the molecule is Cc1nn(C)c(C)c1[C@@H]1C[C@@H](c2cccc(-c3cncnc3)c2)N=C(N)S1. The Morgan fingerprint density at radius 3 is 2.63 bits per heavy atom. The van der Waals surface area contributed by atoms with Crippen LogP contribution in [0.1, 0.15) is 40.2 Å². The molecule has 0 saturated heterocycles. The van der Waals surface area contributed by atoms with Crippen LogP contribution in [-0.4, -0.2) is 24.9 Å². The lowest BCUT2D eigenvalue weighted by Gasteiger charge is -2.27. The number of thioether (sulfide) groups is 1. The van der Waals surface area contributed by atoms with E-state index in [0.717, 1.165) is 28.8 Å². The number of hydrogen-bond acceptors (Lipinski definition) is 6. The van der Waals surface area contributed by atoms with Crippen molar-refractivity contribution in [2.75, 3.05) is 0 Å². The van der Waals surface area contributed by atoms with Gasteiger partial charge in [0.15, 0.2) is 5.17 Å². The minimum absolute atomic E-state index is 0.0276. The fraction of sp³-hybridized carbons (Fsp3) is 0.300. The second kappa shape index (κ2) is 7.15. The van der Waals surface area contributed by atoms with E-state index in [1.807, 2.05) is 24.1 Å². The normalized spacial score (nSPS) is 19.7. The van der Waals surface area contributed by atoms with Crippen LogP contribution in [0.2, 0.25) is 0 Å². The Morgan fingerprint density at radius 2 is 1.93 bits per heavy atom. The Bertz CT molecular complexity index is 995. The molecular weight excluding hydrogens is 356 g/mol. The first-order valence-corrected chi connectivity index (χ1v) is 9.76. The number of hydrogen-bond donors (Lipinski definition) is 1. The van der Waals surface area contributed by atoms with Crippen LogP contribution in [-0.2, 0) is 7.05 Å². The Kier molecular flexibility index (Phi) is 4.70. The maximum Gasteiger partial charge on any atom is 0.155 e. The average Bonchev–Trinajstić information content (AvgIpc) is 2.94. The van der Waals surface area contributed by atoms with Gasteiger partial charge in [-0.15, -0.1) is 0 Å². The Hall–Kier alpha value is -2.67. The zero-order valence-electron chi connectivity index (χ0n) is 15.6. The molecule has 4 rings (SSSR count). The van der Waals surface area contributed by atoms with Gasteiger partial charge in [0.05, 0.1) is 11.7 Å². The number of rotatable bonds is 3. The highest BCUT2D eigenvalue weighted by atomic mass is 32.2. The highest BCUT2D eigenvalue weighted by Crippen LogP contribution is 2.45. The van der Waals surface area contributed by atoms with Gasteiger partial charge in [0.1, 0.15) is 6.33 Å². The van der Waals surface area contributed by atoms with Gasteiger partial charge in [-0.1, -0.05) is 30.0 Å². The van der Waals surface area contributed by atoms with Gasteiger partial charge in [0, 0.05) is 41.5 Å². The lowest BCUT2D eigenvalue weighted by molar-refractivity contribution is 0.635. The summed E-state index contributed by atoms with van der Waals surface area (Å²) in [6.45, 7) is 4.18. The molecule has 138 valence electrons. The number of nitrogens with zero attached hydrogens (tertiary/aromatic N) is 5. The molecule has 0 unspecified atom stereocenters. The minimum atomic E-state index is 0.0276. The molecule has 1 aromatic carbocycles. The number of benzene rings is 1. The van der Waals surface area contributed by atoms with Gasteiger partial charge < -0.3 is 5.73 Å². The first-order valence-electron chi connectivity index (χ1n) is 8.88. The third kappa shape index (κ3) is 3.47. The fourth-order valence-electron chi connectivity index (χ4n) is 3.65. The summed E-state index contributed by atoms with van der Waals surface area (Å²) >= 11 is 1.63. The predicted octanol–water partition coefficient (Wildman–Crippen LogP) is 3.73. The van der Waals surface area contributed by atoms with Gasteiger partial charge in [0.2, 0.25) is 0 Å². The van der Waals surface area contributed by atoms with Gasteiger partial charge in [-0.2, -0.15) is 5.10 Å². The third-order valence-electron chi connectivity index (χ3n) is 5.04. The first kappa shape index (κ1) is 17.7. The molecule has 27 heavy (non-hydrogen) atoms. The summed E-state index contributed by atoms with van der Waals surface area (Å²) in [6.07, 6.45) is 6.09. The van der Waals surface area contributed by atoms with Gasteiger partial charge >= 0.3 is 0 Å². The molecule has 0 aliphatic carbocycles. The van der Waals surface area contributed by atoms with E-state index in [1.54, 1.807) is 18.1 Å². The van der Waals surface area contributed by atoms with Crippen molar-refractivity contribution in [1.29, 1.82) is 0 Å². The molecule has 0 spiro atoms. The van der Waals surface area contributed by atoms with E-state index in [2.05, 4.69) is 53.2 Å². The Labute approximate surface area is 162 Å². The zero-order valence-corrected chi connectivity index (χ0v) is 16.4. The van der Waals surface area contributed by atoms with E-state index in [0.29, 0.717) is 5.17 Å². The highest BCUT2D eigenvalue weighted by Gasteiger charge is 2.29. The number of amidine groups is 1. The van der Waals surface area contributed by atoms with E-state index in [-0.39, 0.29) is 11.3 Å². The van der Waals surface area contributed by atoms with Crippen LogP contribution in [0.25, 0.3) is 11.1 Å². The molecule has 2 atom stereocenters. The molecule has 1 aliphatic rings. The number of nitrogens with two attached hydrogens (primary N) is 1. The first-order chi connectivity index (χ1) is 13.0. The summed E-state index contributed by atoms with van der Waals surface area (Å²) in [5.74, 6) is 0. The molecule has 2 aromatic heterocycles. The quantitative estimate of drug-likeness (QED) is 0.751. The smallest absolute Gasteiger partial charge is 0.155 e. The summed E-state index contributed by atoms with van der Waals surface area (Å²) in [7, 11) is 1.99. The fourth-order valence-corrected chi connectivity index (χ4v) is 4.87. The Morgan fingerprint density at radius 1 is 1.15 bits per heavy atom. The third-order valence-corrected chi connectivity index (χ3v) is 6.10. The summed E-state index contributed by atoms with van der Waals surface area (Å²) in [5.41, 5.74) is 13.0. The molecule has 1 aliphatic heterocycles. The standard InChI is InChI=1S/C20H22N6S/c1-12-19(13(2)26(3)25-12)18-8-17(24-20(21)27-18)15-6-4-5-14(7-15)16-9-22-11-23-10-16/h4-7,9-11,17-18H,8H2,1-3H3,(H2,21,24)/t17-,18-/m0/s1.